The summed E-state index contributed by atoms with van der Waals surface area (Å²) in [7, 11) is 0. The Morgan fingerprint density at radius 1 is 1.05 bits per heavy atom. The van der Waals surface area contributed by atoms with Crippen LogP contribution >= 0.6 is 0 Å². The number of benzene rings is 2. The number of rotatable bonds is 8. The van der Waals surface area contributed by atoms with Crippen molar-refractivity contribution in [2.75, 3.05) is 6.54 Å². The summed E-state index contributed by atoms with van der Waals surface area (Å²) in [4.78, 5) is 31.7. The van der Waals surface area contributed by atoms with Crippen molar-refractivity contribution in [2.24, 2.45) is 5.41 Å². The normalized spacial score (nSPS) is 16.4. The molecule has 6 rings (SSSR count). The third-order valence-corrected chi connectivity index (χ3v) is 7.47. The lowest BCUT2D eigenvalue weighted by Crippen LogP contribution is -2.44. The fourth-order valence-electron chi connectivity index (χ4n) is 5.27. The molecule has 4 aromatic rings. The van der Waals surface area contributed by atoms with Crippen LogP contribution < -0.4 is 0 Å². The lowest BCUT2D eigenvalue weighted by atomic mass is 9.85. The highest BCUT2D eigenvalue weighted by atomic mass is 16.6. The molecule has 2 aromatic heterocycles. The van der Waals surface area contributed by atoms with Gasteiger partial charge in [0.15, 0.2) is 0 Å². The Balaban J connectivity index is 1.27. The average Bonchev–Trinajstić information content (AvgIpc) is 3.37. The first-order valence-electron chi connectivity index (χ1n) is 12.9. The van der Waals surface area contributed by atoms with Gasteiger partial charge >= 0.3 is 12.1 Å². The molecule has 2 fully saturated rings. The number of nitrogens with one attached hydrogen (secondary N) is 1. The van der Waals surface area contributed by atoms with Gasteiger partial charge in [-0.15, -0.1) is 10.2 Å². The number of aromatic amines is 1. The van der Waals surface area contributed by atoms with Crippen molar-refractivity contribution in [3.8, 4) is 22.6 Å². The van der Waals surface area contributed by atoms with Crippen LogP contribution in [0.4, 0.5) is 4.79 Å². The molecule has 10 nitrogen and oxygen atoms in total. The number of nitrogens with zero attached hydrogens (tertiary/aromatic N) is 5. The highest BCUT2D eigenvalue weighted by Gasteiger charge is 2.44. The minimum Gasteiger partial charge on any atom is -0.481 e. The van der Waals surface area contributed by atoms with Crippen LogP contribution in [0.25, 0.3) is 33.5 Å². The van der Waals surface area contributed by atoms with Gasteiger partial charge in [-0.1, -0.05) is 49.2 Å². The summed E-state index contributed by atoms with van der Waals surface area (Å²) in [6.45, 7) is 0.426. The van der Waals surface area contributed by atoms with Crippen LogP contribution in [0.2, 0.25) is 0 Å². The fourth-order valence-corrected chi connectivity index (χ4v) is 5.27. The minimum absolute atomic E-state index is 0.0519. The summed E-state index contributed by atoms with van der Waals surface area (Å²) in [6, 6.07) is 17.6. The molecule has 2 N–H and O–H groups in total. The van der Waals surface area contributed by atoms with Crippen molar-refractivity contribution < 1.29 is 19.4 Å². The van der Waals surface area contributed by atoms with E-state index >= 15 is 0 Å². The number of fused-ring (bicyclic) bond motifs is 1. The SMILES string of the molecule is O=C(OC1CC1)N(Cc1ccc2nc(-c3ccccc3-c3nn[nH]n3)ccc2c1)CC1(C(=O)O)CCCC1. The number of ether oxygens (including phenoxy) is 1. The quantitative estimate of drug-likeness (QED) is 0.343. The Morgan fingerprint density at radius 3 is 2.55 bits per heavy atom. The lowest BCUT2D eigenvalue weighted by Gasteiger charge is -2.31. The zero-order valence-electron chi connectivity index (χ0n) is 20.8. The van der Waals surface area contributed by atoms with E-state index in [1.54, 1.807) is 4.90 Å². The lowest BCUT2D eigenvalue weighted by molar-refractivity contribution is -0.149. The van der Waals surface area contributed by atoms with Gasteiger partial charge in [-0.05, 0) is 54.7 Å². The van der Waals surface area contributed by atoms with Crippen LogP contribution in [0.3, 0.4) is 0 Å². The number of aliphatic carboxylic acids is 1. The van der Waals surface area contributed by atoms with Crippen LogP contribution in [0.15, 0.2) is 54.6 Å². The number of carboxylic acid groups (broad SMARTS) is 1. The molecule has 0 radical (unpaired) electrons. The van der Waals surface area contributed by atoms with Crippen molar-refractivity contribution in [3.63, 3.8) is 0 Å². The zero-order chi connectivity index (χ0) is 26.1. The maximum atomic E-state index is 13.0. The maximum Gasteiger partial charge on any atom is 0.410 e. The van der Waals surface area contributed by atoms with Crippen molar-refractivity contribution >= 4 is 23.0 Å². The van der Waals surface area contributed by atoms with Crippen molar-refractivity contribution in [1.82, 2.24) is 30.5 Å². The Kier molecular flexibility index (Phi) is 6.22. The molecule has 0 bridgehead atoms. The largest absolute Gasteiger partial charge is 0.481 e. The second kappa shape index (κ2) is 9.85. The van der Waals surface area contributed by atoms with Crippen molar-refractivity contribution in [1.29, 1.82) is 0 Å². The standard InChI is InChI=1S/C28H28N6O4/c35-26(36)28(13-3-4-14-28)17-34(27(37)38-20-9-10-20)16-18-7-11-23-19(15-18)8-12-24(29-23)21-5-1-2-6-22(21)25-30-32-33-31-25/h1-2,5-8,11-12,15,20H,3-4,9-10,13-14,16-17H2,(H,35,36)(H,30,31,32,33). The Morgan fingerprint density at radius 2 is 1.84 bits per heavy atom. The highest BCUT2D eigenvalue weighted by molar-refractivity contribution is 5.85. The topological polar surface area (TPSA) is 134 Å². The Hall–Kier alpha value is -4.34. The predicted octanol–water partition coefficient (Wildman–Crippen LogP) is 4.83. The Labute approximate surface area is 219 Å². The van der Waals surface area contributed by atoms with Crippen LogP contribution in [0, 0.1) is 5.41 Å². The molecule has 0 unspecified atom stereocenters. The number of pyridine rings is 1. The van der Waals surface area contributed by atoms with Gasteiger partial charge in [0.25, 0.3) is 0 Å². The molecule has 0 saturated heterocycles. The molecule has 2 aliphatic rings. The van der Waals surface area contributed by atoms with Gasteiger partial charge in [-0.25, -0.2) is 9.78 Å². The molecule has 0 spiro atoms. The third-order valence-electron chi connectivity index (χ3n) is 7.47. The van der Waals surface area contributed by atoms with Crippen molar-refractivity contribution in [3.05, 3.63) is 60.2 Å². The number of aromatic nitrogens is 5. The van der Waals surface area contributed by atoms with E-state index in [1.165, 1.54) is 0 Å². The number of H-pyrrole nitrogens is 1. The monoisotopic (exact) mass is 512 g/mol. The van der Waals surface area contributed by atoms with E-state index in [4.69, 9.17) is 9.72 Å². The number of tetrazole rings is 1. The van der Waals surface area contributed by atoms with E-state index in [2.05, 4.69) is 20.6 Å². The summed E-state index contributed by atoms with van der Waals surface area (Å²) in [5.74, 6) is -0.340. The summed E-state index contributed by atoms with van der Waals surface area (Å²) < 4.78 is 5.59. The zero-order valence-corrected chi connectivity index (χ0v) is 20.8. The molecule has 0 atom stereocenters. The molecule has 2 saturated carbocycles. The maximum absolute atomic E-state index is 13.0. The smallest absolute Gasteiger partial charge is 0.410 e. The van der Waals surface area contributed by atoms with Gasteiger partial charge in [0.05, 0.1) is 16.6 Å². The first-order valence-corrected chi connectivity index (χ1v) is 12.9. The first kappa shape index (κ1) is 24.0. The summed E-state index contributed by atoms with van der Waals surface area (Å²) in [5.41, 5.74) is 3.29. The molecule has 2 aromatic carbocycles. The van der Waals surface area contributed by atoms with E-state index in [9.17, 15) is 14.7 Å². The van der Waals surface area contributed by atoms with Crippen LogP contribution in [-0.4, -0.2) is 60.3 Å². The molecule has 38 heavy (non-hydrogen) atoms. The van der Waals surface area contributed by atoms with E-state index < -0.39 is 17.5 Å². The van der Waals surface area contributed by atoms with Crippen molar-refractivity contribution in [2.45, 2.75) is 51.2 Å². The van der Waals surface area contributed by atoms with Gasteiger partial charge in [-0.3, -0.25) is 4.79 Å². The van der Waals surface area contributed by atoms with Gasteiger partial charge < -0.3 is 14.7 Å². The van der Waals surface area contributed by atoms with Crippen LogP contribution in [0.5, 0.6) is 0 Å². The second-order valence-electron chi connectivity index (χ2n) is 10.2. The fraction of sp³-hybridized carbons (Fsp3) is 0.357. The van der Waals surface area contributed by atoms with E-state index in [0.29, 0.717) is 18.7 Å². The second-order valence-corrected chi connectivity index (χ2v) is 10.2. The summed E-state index contributed by atoms with van der Waals surface area (Å²) in [5, 5.41) is 25.3. The van der Waals surface area contributed by atoms with E-state index in [0.717, 1.165) is 59.0 Å². The molecule has 1 amide bonds. The van der Waals surface area contributed by atoms with Crippen LogP contribution in [-0.2, 0) is 16.1 Å². The predicted molar refractivity (Wildman–Crippen MR) is 139 cm³/mol. The van der Waals surface area contributed by atoms with E-state index in [-0.39, 0.29) is 19.2 Å². The molecular formula is C28H28N6O4. The van der Waals surface area contributed by atoms with Gasteiger partial charge in [0.1, 0.15) is 6.10 Å². The number of carboxylic acids is 1. The van der Waals surface area contributed by atoms with Crippen LogP contribution in [0.1, 0.15) is 44.1 Å². The van der Waals surface area contributed by atoms with Gasteiger partial charge in [0, 0.05) is 29.6 Å². The number of hydrogen-bond donors (Lipinski definition) is 2. The molecule has 2 aliphatic carbocycles. The molecule has 10 heteroatoms. The summed E-state index contributed by atoms with van der Waals surface area (Å²) >= 11 is 0. The highest BCUT2D eigenvalue weighted by Crippen LogP contribution is 2.40. The first-order chi connectivity index (χ1) is 18.5. The molecular weight excluding hydrogens is 484 g/mol. The number of amides is 1. The molecule has 0 aliphatic heterocycles. The number of carbonyl (C=O) groups excluding carboxylic acids is 1. The van der Waals surface area contributed by atoms with E-state index in [1.807, 2.05) is 54.6 Å². The number of hydrogen-bond acceptors (Lipinski definition) is 7. The number of carbonyl (C=O) groups is 2. The molecule has 2 heterocycles. The third kappa shape index (κ3) is 4.81. The Bertz CT molecular complexity index is 1480. The van der Waals surface area contributed by atoms with Gasteiger partial charge in [-0.2, -0.15) is 5.21 Å². The van der Waals surface area contributed by atoms with Gasteiger partial charge in [0.2, 0.25) is 5.82 Å². The molecule has 194 valence electrons. The minimum atomic E-state index is -0.915. The summed E-state index contributed by atoms with van der Waals surface area (Å²) in [6.07, 6.45) is 4.11. The average molecular weight is 513 g/mol.